The molecule has 0 unspecified atom stereocenters. The van der Waals surface area contributed by atoms with Crippen molar-refractivity contribution in [2.75, 3.05) is 21.3 Å². The third-order valence-electron chi connectivity index (χ3n) is 4.15. The minimum absolute atomic E-state index is 0.103. The number of ether oxygens (including phenoxy) is 4. The van der Waals surface area contributed by atoms with Crippen molar-refractivity contribution in [1.29, 1.82) is 0 Å². The highest BCUT2D eigenvalue weighted by molar-refractivity contribution is 6.35. The SMILES string of the molecule is COC1=CC(=O)C=C(C)[C@@]12Oc1c(Cl)c(OC)cc(OC)c1C2=O. The molecule has 0 saturated heterocycles. The van der Waals surface area contributed by atoms with Crippen LogP contribution in [0.1, 0.15) is 17.3 Å². The Hall–Kier alpha value is -2.47. The van der Waals surface area contributed by atoms with Crippen LogP contribution >= 0.6 is 11.6 Å². The highest BCUT2D eigenvalue weighted by Crippen LogP contribution is 2.53. The second kappa shape index (κ2) is 5.56. The van der Waals surface area contributed by atoms with E-state index in [1.807, 2.05) is 0 Å². The van der Waals surface area contributed by atoms with Gasteiger partial charge >= 0.3 is 0 Å². The van der Waals surface area contributed by atoms with E-state index in [9.17, 15) is 9.59 Å². The zero-order valence-electron chi connectivity index (χ0n) is 13.6. The maximum Gasteiger partial charge on any atom is 0.249 e. The minimum atomic E-state index is -1.56. The van der Waals surface area contributed by atoms with E-state index in [1.54, 1.807) is 6.92 Å². The largest absolute Gasteiger partial charge is 0.496 e. The lowest BCUT2D eigenvalue weighted by molar-refractivity contribution is -0.111. The Labute approximate surface area is 143 Å². The van der Waals surface area contributed by atoms with Gasteiger partial charge in [-0.2, -0.15) is 0 Å². The summed E-state index contributed by atoms with van der Waals surface area (Å²) in [4.78, 5) is 25.0. The summed E-state index contributed by atoms with van der Waals surface area (Å²) in [5.74, 6) is 0.141. The average Bonchev–Trinajstić information content (AvgIpc) is 2.87. The first kappa shape index (κ1) is 16.4. The van der Waals surface area contributed by atoms with Gasteiger partial charge in [0.2, 0.25) is 11.4 Å². The van der Waals surface area contributed by atoms with Crippen molar-refractivity contribution in [2.24, 2.45) is 0 Å². The molecule has 2 aliphatic rings. The predicted molar refractivity (Wildman–Crippen MR) is 86.1 cm³/mol. The van der Waals surface area contributed by atoms with E-state index in [-0.39, 0.29) is 33.6 Å². The van der Waals surface area contributed by atoms with Crippen molar-refractivity contribution in [1.82, 2.24) is 0 Å². The lowest BCUT2D eigenvalue weighted by Crippen LogP contribution is -2.46. The Morgan fingerprint density at radius 1 is 1.04 bits per heavy atom. The molecule has 0 N–H and O–H groups in total. The van der Waals surface area contributed by atoms with Crippen LogP contribution in [0.3, 0.4) is 0 Å². The van der Waals surface area contributed by atoms with E-state index in [1.165, 1.54) is 39.5 Å². The molecule has 1 spiro atoms. The standard InChI is InChI=1S/C17H15ClO6/c1-8-5-9(19)6-12(23-4)17(8)16(20)13-10(21-2)7-11(22-3)14(18)15(13)24-17/h5-7H,1-4H3/t17-/m1/s1. The molecule has 7 heteroatoms. The van der Waals surface area contributed by atoms with Gasteiger partial charge in [-0.15, -0.1) is 0 Å². The number of benzene rings is 1. The molecule has 1 heterocycles. The van der Waals surface area contributed by atoms with Gasteiger partial charge in [0.05, 0.1) is 21.3 Å². The van der Waals surface area contributed by atoms with E-state index >= 15 is 0 Å². The van der Waals surface area contributed by atoms with E-state index in [4.69, 9.17) is 30.5 Å². The molecule has 1 aromatic rings. The number of Topliss-reactive ketones (excluding diaryl/α,β-unsaturated/α-hetero) is 1. The smallest absolute Gasteiger partial charge is 0.249 e. The lowest BCUT2D eigenvalue weighted by atomic mass is 9.82. The van der Waals surface area contributed by atoms with Crippen LogP contribution in [0.5, 0.6) is 17.2 Å². The van der Waals surface area contributed by atoms with Crippen LogP contribution in [-0.2, 0) is 9.53 Å². The van der Waals surface area contributed by atoms with E-state index < -0.39 is 11.4 Å². The first-order valence-corrected chi connectivity index (χ1v) is 7.45. The Bertz CT molecular complexity index is 823. The van der Waals surface area contributed by atoms with Gasteiger partial charge in [0.1, 0.15) is 22.1 Å². The molecule has 1 aliphatic carbocycles. The van der Waals surface area contributed by atoms with Gasteiger partial charge < -0.3 is 18.9 Å². The Morgan fingerprint density at radius 2 is 1.71 bits per heavy atom. The Morgan fingerprint density at radius 3 is 2.29 bits per heavy atom. The van der Waals surface area contributed by atoms with Crippen molar-refractivity contribution < 1.29 is 28.5 Å². The van der Waals surface area contributed by atoms with Crippen LogP contribution in [0.2, 0.25) is 5.02 Å². The first-order valence-electron chi connectivity index (χ1n) is 7.07. The molecule has 3 rings (SSSR count). The molecular weight excluding hydrogens is 336 g/mol. The molecule has 0 amide bonds. The number of hydrogen-bond acceptors (Lipinski definition) is 6. The fourth-order valence-electron chi connectivity index (χ4n) is 2.99. The molecule has 1 aliphatic heterocycles. The maximum absolute atomic E-state index is 13.2. The molecule has 0 bridgehead atoms. The van der Waals surface area contributed by atoms with Crippen molar-refractivity contribution in [3.8, 4) is 17.2 Å². The summed E-state index contributed by atoms with van der Waals surface area (Å²) in [5.41, 5.74) is -0.965. The molecule has 0 radical (unpaired) electrons. The highest BCUT2D eigenvalue weighted by atomic mass is 35.5. The zero-order chi connectivity index (χ0) is 17.6. The first-order chi connectivity index (χ1) is 11.4. The van der Waals surface area contributed by atoms with Gasteiger partial charge in [0, 0.05) is 12.1 Å². The van der Waals surface area contributed by atoms with Crippen molar-refractivity contribution in [3.63, 3.8) is 0 Å². The van der Waals surface area contributed by atoms with Crippen LogP contribution in [-0.4, -0.2) is 38.5 Å². The summed E-state index contributed by atoms with van der Waals surface area (Å²) in [7, 11) is 4.25. The molecule has 1 aromatic carbocycles. The van der Waals surface area contributed by atoms with Crippen LogP contribution < -0.4 is 14.2 Å². The molecular formula is C17H15ClO6. The minimum Gasteiger partial charge on any atom is -0.496 e. The summed E-state index contributed by atoms with van der Waals surface area (Å²) in [6, 6.07) is 1.52. The quantitative estimate of drug-likeness (QED) is 0.834. The van der Waals surface area contributed by atoms with E-state index in [2.05, 4.69) is 0 Å². The molecule has 126 valence electrons. The normalized spacial score (nSPS) is 21.9. The number of methoxy groups -OCH3 is 3. The lowest BCUT2D eigenvalue weighted by Gasteiger charge is -2.31. The fourth-order valence-corrected chi connectivity index (χ4v) is 3.26. The zero-order valence-corrected chi connectivity index (χ0v) is 14.3. The molecule has 0 saturated carbocycles. The second-order valence-corrected chi connectivity index (χ2v) is 5.73. The van der Waals surface area contributed by atoms with Gasteiger partial charge in [-0.05, 0) is 18.6 Å². The molecule has 0 aromatic heterocycles. The fraction of sp³-hybridized carbons (Fsp3) is 0.294. The van der Waals surface area contributed by atoms with Crippen molar-refractivity contribution >= 4 is 23.2 Å². The van der Waals surface area contributed by atoms with E-state index in [0.717, 1.165) is 0 Å². The summed E-state index contributed by atoms with van der Waals surface area (Å²) in [6.45, 7) is 1.63. The Balaban J connectivity index is 2.28. The number of halogens is 1. The summed E-state index contributed by atoms with van der Waals surface area (Å²) in [5, 5.41) is 0.152. The number of allylic oxidation sites excluding steroid dienone is 2. The van der Waals surface area contributed by atoms with Gasteiger partial charge in [0.25, 0.3) is 0 Å². The van der Waals surface area contributed by atoms with Crippen LogP contribution in [0.4, 0.5) is 0 Å². The average molecular weight is 351 g/mol. The number of carbonyl (C=O) groups is 2. The van der Waals surface area contributed by atoms with Crippen LogP contribution in [0, 0.1) is 0 Å². The molecule has 0 fully saturated rings. The number of hydrogen-bond donors (Lipinski definition) is 0. The topological polar surface area (TPSA) is 71.1 Å². The monoisotopic (exact) mass is 350 g/mol. The third-order valence-corrected chi connectivity index (χ3v) is 4.51. The van der Waals surface area contributed by atoms with Gasteiger partial charge in [0.15, 0.2) is 17.3 Å². The predicted octanol–water partition coefficient (Wildman–Crippen LogP) is 2.73. The highest BCUT2D eigenvalue weighted by Gasteiger charge is 2.57. The summed E-state index contributed by atoms with van der Waals surface area (Å²) in [6.07, 6.45) is 2.57. The van der Waals surface area contributed by atoms with Crippen LogP contribution in [0.25, 0.3) is 0 Å². The molecule has 1 atom stereocenters. The third kappa shape index (κ3) is 1.96. The van der Waals surface area contributed by atoms with Gasteiger partial charge in [-0.25, -0.2) is 0 Å². The van der Waals surface area contributed by atoms with Crippen molar-refractivity contribution in [2.45, 2.75) is 12.5 Å². The number of fused-ring (bicyclic) bond motifs is 1. The van der Waals surface area contributed by atoms with Crippen LogP contribution in [0.15, 0.2) is 29.6 Å². The van der Waals surface area contributed by atoms with E-state index in [0.29, 0.717) is 11.3 Å². The number of ketones is 2. The summed E-state index contributed by atoms with van der Waals surface area (Å²) < 4.78 is 21.8. The van der Waals surface area contributed by atoms with Crippen molar-refractivity contribution in [3.05, 3.63) is 40.1 Å². The van der Waals surface area contributed by atoms with Gasteiger partial charge in [-0.1, -0.05) is 11.6 Å². The second-order valence-electron chi connectivity index (χ2n) is 5.35. The van der Waals surface area contributed by atoms with Gasteiger partial charge in [-0.3, -0.25) is 9.59 Å². The molecule has 24 heavy (non-hydrogen) atoms. The molecule has 6 nitrogen and oxygen atoms in total. The number of rotatable bonds is 3. The Kier molecular flexibility index (Phi) is 3.80. The maximum atomic E-state index is 13.2. The summed E-state index contributed by atoms with van der Waals surface area (Å²) >= 11 is 6.31. The number of carbonyl (C=O) groups excluding carboxylic acids is 2.